The molecule has 1 atom stereocenters. The van der Waals surface area contributed by atoms with Crippen molar-refractivity contribution in [3.63, 3.8) is 0 Å². The van der Waals surface area contributed by atoms with Gasteiger partial charge in [0.25, 0.3) is 0 Å². The van der Waals surface area contributed by atoms with Crippen LogP contribution in [0.2, 0.25) is 0 Å². The Kier molecular flexibility index (Phi) is 5.31. The van der Waals surface area contributed by atoms with E-state index in [2.05, 4.69) is 0 Å². The quantitative estimate of drug-likeness (QED) is 0.869. The number of para-hydroxylation sites is 1. The van der Waals surface area contributed by atoms with Gasteiger partial charge in [0.05, 0.1) is 32.3 Å². The maximum Gasteiger partial charge on any atom is 0.226 e. The van der Waals surface area contributed by atoms with Crippen molar-refractivity contribution in [2.75, 3.05) is 32.9 Å². The molecule has 1 aromatic rings. The Morgan fingerprint density at radius 2 is 2.30 bits per heavy atom. The zero-order valence-electron chi connectivity index (χ0n) is 11.1. The summed E-state index contributed by atoms with van der Waals surface area (Å²) in [6, 6.07) is 6.09. The number of benzene rings is 1. The molecule has 0 spiro atoms. The first kappa shape index (κ1) is 14.7. The zero-order valence-corrected chi connectivity index (χ0v) is 11.1. The second kappa shape index (κ2) is 7.21. The molecule has 0 aliphatic carbocycles. The first-order valence-electron chi connectivity index (χ1n) is 6.58. The smallest absolute Gasteiger partial charge is 0.226 e. The SMILES string of the molecule is O=C(CCOc1ccccc1F)N1CCOC(CO)C1. The molecular weight excluding hydrogens is 265 g/mol. The van der Waals surface area contributed by atoms with Gasteiger partial charge in [0.15, 0.2) is 11.6 Å². The molecule has 6 heteroatoms. The van der Waals surface area contributed by atoms with Crippen LogP contribution in [0.15, 0.2) is 24.3 Å². The van der Waals surface area contributed by atoms with E-state index in [1.807, 2.05) is 0 Å². The van der Waals surface area contributed by atoms with Gasteiger partial charge in [0.2, 0.25) is 5.91 Å². The Hall–Kier alpha value is -1.66. The van der Waals surface area contributed by atoms with E-state index in [1.54, 1.807) is 17.0 Å². The largest absolute Gasteiger partial charge is 0.490 e. The molecule has 0 radical (unpaired) electrons. The van der Waals surface area contributed by atoms with Gasteiger partial charge in [-0.05, 0) is 12.1 Å². The summed E-state index contributed by atoms with van der Waals surface area (Å²) in [7, 11) is 0. The van der Waals surface area contributed by atoms with Crippen LogP contribution < -0.4 is 4.74 Å². The van der Waals surface area contributed by atoms with Gasteiger partial charge >= 0.3 is 0 Å². The second-order valence-electron chi connectivity index (χ2n) is 4.54. The Bertz CT molecular complexity index is 455. The van der Waals surface area contributed by atoms with Crippen molar-refractivity contribution in [3.8, 4) is 5.75 Å². The molecule has 110 valence electrons. The molecule has 0 aromatic heterocycles. The monoisotopic (exact) mass is 283 g/mol. The van der Waals surface area contributed by atoms with Gasteiger partial charge in [0.1, 0.15) is 0 Å². The third-order valence-corrected chi connectivity index (χ3v) is 3.11. The van der Waals surface area contributed by atoms with E-state index in [0.717, 1.165) is 0 Å². The van der Waals surface area contributed by atoms with Crippen LogP contribution in [0, 0.1) is 5.82 Å². The van der Waals surface area contributed by atoms with Crippen LogP contribution in [0.25, 0.3) is 0 Å². The van der Waals surface area contributed by atoms with Crippen molar-refractivity contribution >= 4 is 5.91 Å². The van der Waals surface area contributed by atoms with Crippen molar-refractivity contribution in [1.82, 2.24) is 4.90 Å². The highest BCUT2D eigenvalue weighted by Gasteiger charge is 2.23. The van der Waals surface area contributed by atoms with Crippen LogP contribution >= 0.6 is 0 Å². The van der Waals surface area contributed by atoms with Gasteiger partial charge in [-0.2, -0.15) is 0 Å². The Labute approximate surface area is 116 Å². The van der Waals surface area contributed by atoms with E-state index >= 15 is 0 Å². The average Bonchev–Trinajstić information content (AvgIpc) is 2.49. The van der Waals surface area contributed by atoms with Crippen LogP contribution in [0.1, 0.15) is 6.42 Å². The lowest BCUT2D eigenvalue weighted by Crippen LogP contribution is -2.47. The van der Waals surface area contributed by atoms with E-state index in [9.17, 15) is 9.18 Å². The van der Waals surface area contributed by atoms with Gasteiger partial charge in [-0.3, -0.25) is 4.79 Å². The molecule has 1 saturated heterocycles. The number of rotatable bonds is 5. The third-order valence-electron chi connectivity index (χ3n) is 3.11. The molecule has 1 amide bonds. The molecule has 5 nitrogen and oxygen atoms in total. The van der Waals surface area contributed by atoms with Crippen LogP contribution in [0.3, 0.4) is 0 Å². The second-order valence-corrected chi connectivity index (χ2v) is 4.54. The number of hydrogen-bond acceptors (Lipinski definition) is 4. The maximum atomic E-state index is 13.3. The number of aliphatic hydroxyl groups excluding tert-OH is 1. The lowest BCUT2D eigenvalue weighted by Gasteiger charge is -2.32. The molecule has 20 heavy (non-hydrogen) atoms. The number of nitrogens with zero attached hydrogens (tertiary/aromatic N) is 1. The lowest BCUT2D eigenvalue weighted by atomic mass is 10.2. The number of hydrogen-bond donors (Lipinski definition) is 1. The predicted octanol–water partition coefficient (Wildman–Crippen LogP) is 0.814. The molecule has 0 bridgehead atoms. The molecule has 1 aromatic carbocycles. The van der Waals surface area contributed by atoms with Gasteiger partial charge in [-0.25, -0.2) is 4.39 Å². The molecule has 2 rings (SSSR count). The molecule has 1 aliphatic rings. The highest BCUT2D eigenvalue weighted by molar-refractivity contribution is 5.76. The molecule has 0 saturated carbocycles. The van der Waals surface area contributed by atoms with E-state index in [4.69, 9.17) is 14.6 Å². The summed E-state index contributed by atoms with van der Waals surface area (Å²) in [5.74, 6) is -0.370. The summed E-state index contributed by atoms with van der Waals surface area (Å²) in [5.41, 5.74) is 0. The maximum absolute atomic E-state index is 13.3. The summed E-state index contributed by atoms with van der Waals surface area (Å²) < 4.78 is 23.8. The van der Waals surface area contributed by atoms with E-state index in [-0.39, 0.29) is 37.4 Å². The number of carbonyl (C=O) groups is 1. The van der Waals surface area contributed by atoms with Gasteiger partial charge in [-0.1, -0.05) is 12.1 Å². The number of halogens is 1. The molecule has 1 N–H and O–H groups in total. The van der Waals surface area contributed by atoms with Crippen LogP contribution in [0.5, 0.6) is 5.75 Å². The van der Waals surface area contributed by atoms with E-state index in [1.165, 1.54) is 12.1 Å². The van der Waals surface area contributed by atoms with Crippen molar-refractivity contribution in [2.24, 2.45) is 0 Å². The number of morpholine rings is 1. The van der Waals surface area contributed by atoms with Crippen molar-refractivity contribution in [2.45, 2.75) is 12.5 Å². The Balaban J connectivity index is 1.76. The minimum atomic E-state index is -0.438. The predicted molar refractivity (Wildman–Crippen MR) is 69.9 cm³/mol. The Morgan fingerprint density at radius 3 is 3.05 bits per heavy atom. The average molecular weight is 283 g/mol. The summed E-state index contributed by atoms with van der Waals surface area (Å²) in [6.07, 6.45) is -0.146. The molecule has 1 heterocycles. The first-order chi connectivity index (χ1) is 9.70. The van der Waals surface area contributed by atoms with Crippen molar-refractivity contribution in [1.29, 1.82) is 0 Å². The topological polar surface area (TPSA) is 59.0 Å². The van der Waals surface area contributed by atoms with Crippen LogP contribution in [-0.2, 0) is 9.53 Å². The normalized spacial score (nSPS) is 18.9. The van der Waals surface area contributed by atoms with Crippen molar-refractivity contribution < 1.29 is 23.8 Å². The third kappa shape index (κ3) is 3.91. The first-order valence-corrected chi connectivity index (χ1v) is 6.58. The fourth-order valence-electron chi connectivity index (χ4n) is 2.02. The minimum Gasteiger partial charge on any atom is -0.490 e. The number of ether oxygens (including phenoxy) is 2. The van der Waals surface area contributed by atoms with Crippen LogP contribution in [0.4, 0.5) is 4.39 Å². The van der Waals surface area contributed by atoms with Gasteiger partial charge in [-0.15, -0.1) is 0 Å². The molecular formula is C14H18FNO4. The molecule has 1 fully saturated rings. The number of aliphatic hydroxyl groups is 1. The van der Waals surface area contributed by atoms with Crippen molar-refractivity contribution in [3.05, 3.63) is 30.1 Å². The minimum absolute atomic E-state index is 0.0805. The summed E-state index contributed by atoms with van der Waals surface area (Å²) in [5, 5.41) is 9.02. The van der Waals surface area contributed by atoms with Gasteiger partial charge in [0, 0.05) is 13.1 Å². The summed E-state index contributed by atoms with van der Waals surface area (Å²) >= 11 is 0. The highest BCUT2D eigenvalue weighted by Crippen LogP contribution is 2.15. The lowest BCUT2D eigenvalue weighted by molar-refractivity contribution is -0.140. The van der Waals surface area contributed by atoms with Crippen LogP contribution in [-0.4, -0.2) is 54.9 Å². The highest BCUT2D eigenvalue weighted by atomic mass is 19.1. The summed E-state index contributed by atoms with van der Waals surface area (Å²) in [4.78, 5) is 13.6. The van der Waals surface area contributed by atoms with Gasteiger partial charge < -0.3 is 19.5 Å². The summed E-state index contributed by atoms with van der Waals surface area (Å²) in [6.45, 7) is 1.34. The molecule has 1 unspecified atom stereocenters. The van der Waals surface area contributed by atoms with E-state index in [0.29, 0.717) is 19.7 Å². The fraction of sp³-hybridized carbons (Fsp3) is 0.500. The number of amides is 1. The molecule has 1 aliphatic heterocycles. The number of carbonyl (C=O) groups excluding carboxylic acids is 1. The Morgan fingerprint density at radius 1 is 1.50 bits per heavy atom. The standard InChI is InChI=1S/C14H18FNO4/c15-12-3-1-2-4-13(12)20-7-5-14(18)16-6-8-19-11(9-16)10-17/h1-4,11,17H,5-10H2. The zero-order chi connectivity index (χ0) is 14.4. The fourth-order valence-corrected chi connectivity index (χ4v) is 2.02. The van der Waals surface area contributed by atoms with E-state index < -0.39 is 5.82 Å².